The zero-order valence-electron chi connectivity index (χ0n) is 38.9. The van der Waals surface area contributed by atoms with Gasteiger partial charge in [-0.05, 0) is 77.0 Å². The lowest BCUT2D eigenvalue weighted by Gasteiger charge is -2.18. The Bertz CT molecular complexity index is 1190. The smallest absolute Gasteiger partial charge is 0.306 e. The van der Waals surface area contributed by atoms with Gasteiger partial charge in [-0.3, -0.25) is 14.4 Å². The molecular weight excluding hydrogens is 745 g/mol. The molecule has 0 aromatic carbocycles. The van der Waals surface area contributed by atoms with Crippen molar-refractivity contribution >= 4 is 17.9 Å². The minimum atomic E-state index is -0.818. The van der Waals surface area contributed by atoms with E-state index < -0.39 is 6.10 Å². The Labute approximate surface area is 369 Å². The molecule has 60 heavy (non-hydrogen) atoms. The summed E-state index contributed by atoms with van der Waals surface area (Å²) in [5.41, 5.74) is 0. The largest absolute Gasteiger partial charge is 0.462 e. The van der Waals surface area contributed by atoms with Crippen LogP contribution in [0.4, 0.5) is 0 Å². The predicted octanol–water partition coefficient (Wildman–Crippen LogP) is 16.0. The quantitative estimate of drug-likeness (QED) is 0.0200. The summed E-state index contributed by atoms with van der Waals surface area (Å²) in [6.45, 7) is 6.36. The van der Waals surface area contributed by atoms with Crippen LogP contribution >= 0.6 is 0 Å². The molecule has 0 aliphatic heterocycles. The third-order valence-electron chi connectivity index (χ3n) is 10.2. The average Bonchev–Trinajstić information content (AvgIpc) is 3.24. The first kappa shape index (κ1) is 56.6. The Morgan fingerprint density at radius 1 is 0.350 bits per heavy atom. The molecule has 0 heterocycles. The van der Waals surface area contributed by atoms with Gasteiger partial charge in [-0.25, -0.2) is 0 Å². The molecule has 0 saturated heterocycles. The molecule has 0 fully saturated rings. The van der Waals surface area contributed by atoms with Crippen molar-refractivity contribution in [1.29, 1.82) is 0 Å². The fourth-order valence-electron chi connectivity index (χ4n) is 6.51. The molecule has 6 heteroatoms. The number of unbranched alkanes of at least 4 members (excludes halogenated alkanes) is 22. The van der Waals surface area contributed by atoms with Gasteiger partial charge in [0.2, 0.25) is 0 Å². The second-order valence-corrected chi connectivity index (χ2v) is 16.1. The van der Waals surface area contributed by atoms with Crippen molar-refractivity contribution in [2.75, 3.05) is 13.2 Å². The molecule has 1 unspecified atom stereocenters. The third kappa shape index (κ3) is 45.7. The average molecular weight is 835 g/mol. The fraction of sp³-hybridized carbons (Fsp3) is 0.685. The van der Waals surface area contributed by atoms with Crippen molar-refractivity contribution in [1.82, 2.24) is 0 Å². The van der Waals surface area contributed by atoms with E-state index in [9.17, 15) is 14.4 Å². The second kappa shape index (κ2) is 48.3. The summed E-state index contributed by atoms with van der Waals surface area (Å²) < 4.78 is 16.6. The van der Waals surface area contributed by atoms with Crippen LogP contribution in [0.3, 0.4) is 0 Å². The van der Waals surface area contributed by atoms with E-state index in [0.29, 0.717) is 19.3 Å². The van der Waals surface area contributed by atoms with E-state index >= 15 is 0 Å². The SMILES string of the molecule is CC\C=C/C=C\C=C/C=C\C=C/CCCC(=O)OC(COC(=O)CCCCCC/C=C\CCCC)COC(=O)CCCCCCCCC/C=C\CCCCCCCCCC. The molecule has 0 rings (SSSR count). The maximum absolute atomic E-state index is 12.7. The molecule has 0 amide bonds. The number of rotatable bonds is 43. The van der Waals surface area contributed by atoms with E-state index in [-0.39, 0.29) is 37.5 Å². The van der Waals surface area contributed by atoms with Crippen molar-refractivity contribution in [3.63, 3.8) is 0 Å². The first-order chi connectivity index (χ1) is 29.5. The van der Waals surface area contributed by atoms with Crippen LogP contribution < -0.4 is 0 Å². The Morgan fingerprint density at radius 3 is 1.15 bits per heavy atom. The van der Waals surface area contributed by atoms with Crippen LogP contribution in [-0.2, 0) is 28.6 Å². The minimum absolute atomic E-state index is 0.112. The molecule has 0 saturated carbocycles. The van der Waals surface area contributed by atoms with Crippen LogP contribution in [0.15, 0.2) is 85.1 Å². The summed E-state index contributed by atoms with van der Waals surface area (Å²) in [4.78, 5) is 37.8. The topological polar surface area (TPSA) is 78.9 Å². The number of hydrogen-bond acceptors (Lipinski definition) is 6. The summed E-state index contributed by atoms with van der Waals surface area (Å²) >= 11 is 0. The lowest BCUT2D eigenvalue weighted by atomic mass is 10.1. The van der Waals surface area contributed by atoms with E-state index in [1.165, 1.54) is 103 Å². The van der Waals surface area contributed by atoms with E-state index in [2.05, 4.69) is 51.2 Å². The Hall–Kier alpha value is -3.41. The first-order valence-corrected chi connectivity index (χ1v) is 24.7. The van der Waals surface area contributed by atoms with Gasteiger partial charge in [0.15, 0.2) is 6.10 Å². The first-order valence-electron chi connectivity index (χ1n) is 24.7. The van der Waals surface area contributed by atoms with Gasteiger partial charge in [0.1, 0.15) is 13.2 Å². The van der Waals surface area contributed by atoms with Crippen LogP contribution in [0.5, 0.6) is 0 Å². The van der Waals surface area contributed by atoms with Gasteiger partial charge in [0.05, 0.1) is 0 Å². The maximum atomic E-state index is 12.7. The summed E-state index contributed by atoms with van der Waals surface area (Å²) in [6.07, 6.45) is 61.5. The molecule has 0 N–H and O–H groups in total. The van der Waals surface area contributed by atoms with E-state index in [1.54, 1.807) is 0 Å². The standard InChI is InChI=1S/C54H90O6/c1-4-7-10-13-16-19-22-24-25-26-27-28-29-31-32-35-38-41-44-47-53(56)59-50-51(49-58-52(55)46-43-40-37-34-21-18-15-12-9-6-3)60-54(57)48-45-42-39-36-33-30-23-20-17-14-11-8-5-2/h8,11,14-15,17-18,20,23,26-27,30,33,36,39,51H,4-7,9-10,12-13,16,19,21-22,24-25,28-29,31-32,34-35,37-38,40-50H2,1-3H3/b11-8-,17-14-,18-15-,23-20-,27-26-,33-30-,39-36-. The molecule has 0 spiro atoms. The summed E-state index contributed by atoms with van der Waals surface area (Å²) in [5, 5.41) is 0. The van der Waals surface area contributed by atoms with Crippen molar-refractivity contribution in [2.45, 2.75) is 226 Å². The van der Waals surface area contributed by atoms with Gasteiger partial charge in [-0.1, -0.05) is 209 Å². The van der Waals surface area contributed by atoms with Crippen LogP contribution in [0.1, 0.15) is 220 Å². The normalized spacial score (nSPS) is 12.8. The maximum Gasteiger partial charge on any atom is 0.306 e. The summed E-state index contributed by atoms with van der Waals surface area (Å²) in [5.74, 6) is -1.01. The van der Waals surface area contributed by atoms with E-state index in [1.807, 2.05) is 54.7 Å². The van der Waals surface area contributed by atoms with Crippen molar-refractivity contribution in [2.24, 2.45) is 0 Å². The highest BCUT2D eigenvalue weighted by atomic mass is 16.6. The summed E-state index contributed by atoms with van der Waals surface area (Å²) in [7, 11) is 0. The van der Waals surface area contributed by atoms with Gasteiger partial charge >= 0.3 is 17.9 Å². The number of carbonyl (C=O) groups excluding carboxylic acids is 3. The second-order valence-electron chi connectivity index (χ2n) is 16.1. The fourth-order valence-corrected chi connectivity index (χ4v) is 6.51. The number of hydrogen-bond donors (Lipinski definition) is 0. The third-order valence-corrected chi connectivity index (χ3v) is 10.2. The van der Waals surface area contributed by atoms with Gasteiger partial charge in [0.25, 0.3) is 0 Å². The lowest BCUT2D eigenvalue weighted by molar-refractivity contribution is -0.167. The highest BCUT2D eigenvalue weighted by molar-refractivity contribution is 5.71. The number of allylic oxidation sites excluding steroid dienone is 14. The van der Waals surface area contributed by atoms with Crippen LogP contribution in [0.25, 0.3) is 0 Å². The summed E-state index contributed by atoms with van der Waals surface area (Å²) in [6, 6.07) is 0. The van der Waals surface area contributed by atoms with Crippen LogP contribution in [0.2, 0.25) is 0 Å². The van der Waals surface area contributed by atoms with Gasteiger partial charge in [-0.2, -0.15) is 0 Å². The van der Waals surface area contributed by atoms with Gasteiger partial charge in [-0.15, -0.1) is 0 Å². The zero-order chi connectivity index (χ0) is 43.7. The molecule has 0 radical (unpaired) electrons. The number of esters is 3. The molecule has 342 valence electrons. The Morgan fingerprint density at radius 2 is 0.700 bits per heavy atom. The highest BCUT2D eigenvalue weighted by Crippen LogP contribution is 2.13. The molecule has 0 aromatic heterocycles. The Kier molecular flexibility index (Phi) is 45.5. The number of ether oxygens (including phenoxy) is 3. The van der Waals surface area contributed by atoms with Crippen molar-refractivity contribution in [3.05, 3.63) is 85.1 Å². The molecule has 0 aromatic rings. The zero-order valence-corrected chi connectivity index (χ0v) is 38.9. The molecule has 0 bridgehead atoms. The van der Waals surface area contributed by atoms with Crippen molar-refractivity contribution in [3.8, 4) is 0 Å². The van der Waals surface area contributed by atoms with E-state index in [4.69, 9.17) is 14.2 Å². The van der Waals surface area contributed by atoms with E-state index in [0.717, 1.165) is 70.6 Å². The van der Waals surface area contributed by atoms with Crippen LogP contribution in [-0.4, -0.2) is 37.2 Å². The van der Waals surface area contributed by atoms with Gasteiger partial charge < -0.3 is 14.2 Å². The highest BCUT2D eigenvalue weighted by Gasteiger charge is 2.19. The van der Waals surface area contributed by atoms with Gasteiger partial charge in [0, 0.05) is 19.3 Å². The minimum Gasteiger partial charge on any atom is -0.462 e. The molecule has 0 aliphatic carbocycles. The monoisotopic (exact) mass is 835 g/mol. The molecule has 1 atom stereocenters. The molecular formula is C54H90O6. The Balaban J connectivity index is 4.42. The lowest BCUT2D eigenvalue weighted by Crippen LogP contribution is -2.30. The molecule has 6 nitrogen and oxygen atoms in total. The van der Waals surface area contributed by atoms with Crippen molar-refractivity contribution < 1.29 is 28.6 Å². The predicted molar refractivity (Wildman–Crippen MR) is 256 cm³/mol. The number of carbonyl (C=O) groups is 3. The molecule has 0 aliphatic rings. The van der Waals surface area contributed by atoms with Crippen LogP contribution in [0, 0.1) is 0 Å².